The van der Waals surface area contributed by atoms with Crippen molar-refractivity contribution in [3.05, 3.63) is 69.2 Å². The fraction of sp³-hybridized carbons (Fsp3) is 0.368. The van der Waals surface area contributed by atoms with Crippen LogP contribution in [0.5, 0.6) is 0 Å². The van der Waals surface area contributed by atoms with E-state index in [1.165, 1.54) is 27.3 Å². The molecule has 120 valence electrons. The Morgan fingerprint density at radius 3 is 2.96 bits per heavy atom. The van der Waals surface area contributed by atoms with Crippen LogP contribution in [-0.4, -0.2) is 5.06 Å². The van der Waals surface area contributed by atoms with Gasteiger partial charge in [-0.05, 0) is 48.9 Å². The fourth-order valence-corrected chi connectivity index (χ4v) is 4.65. The van der Waals surface area contributed by atoms with Crippen LogP contribution in [0.25, 0.3) is 0 Å². The summed E-state index contributed by atoms with van der Waals surface area (Å²) in [5.41, 5.74) is 8.85. The van der Waals surface area contributed by atoms with Crippen LogP contribution in [0.1, 0.15) is 52.7 Å². The lowest BCUT2D eigenvalue weighted by Gasteiger charge is -2.34. The van der Waals surface area contributed by atoms with Gasteiger partial charge in [0.25, 0.3) is 0 Å². The van der Waals surface area contributed by atoms with Gasteiger partial charge in [0.05, 0.1) is 6.04 Å². The summed E-state index contributed by atoms with van der Waals surface area (Å²) < 4.78 is 0. The minimum Gasteiger partial charge on any atom is -0.387 e. The van der Waals surface area contributed by atoms with Crippen molar-refractivity contribution < 1.29 is 4.84 Å². The molecule has 2 aromatic rings. The van der Waals surface area contributed by atoms with Crippen LogP contribution in [-0.2, 0) is 17.7 Å². The van der Waals surface area contributed by atoms with Gasteiger partial charge < -0.3 is 10.6 Å². The van der Waals surface area contributed by atoms with Crippen molar-refractivity contribution >= 4 is 11.3 Å². The molecule has 2 N–H and O–H groups in total. The minimum atomic E-state index is 0.122. The second kappa shape index (κ2) is 6.02. The maximum absolute atomic E-state index is 6.02. The third-order valence-electron chi connectivity index (χ3n) is 4.77. The highest BCUT2D eigenvalue weighted by molar-refractivity contribution is 7.12. The molecule has 0 bridgehead atoms. The molecule has 2 atom stereocenters. The molecule has 0 amide bonds. The molecule has 1 aliphatic carbocycles. The Morgan fingerprint density at radius 2 is 2.13 bits per heavy atom. The van der Waals surface area contributed by atoms with Crippen molar-refractivity contribution in [2.75, 3.05) is 0 Å². The normalized spacial score (nSPS) is 24.1. The summed E-state index contributed by atoms with van der Waals surface area (Å²) in [5, 5.41) is 2.11. The maximum Gasteiger partial charge on any atom is 0.207 e. The SMILES string of the molecule is CCc1ccc(C2C=C(N)ON2C2CCCc3ccccc32)s1. The standard InChI is InChI=1S/C19H22N2OS/c1-2-14-10-11-18(23-14)17-12-19(20)22-21(17)16-9-5-7-13-6-3-4-8-15(13)16/h3-4,6,8,10-12,16-17H,2,5,7,9,20H2,1H3. The van der Waals surface area contributed by atoms with E-state index < -0.39 is 0 Å². The summed E-state index contributed by atoms with van der Waals surface area (Å²) in [6, 6.07) is 13.6. The number of nitrogens with zero attached hydrogens (tertiary/aromatic N) is 1. The molecule has 0 saturated carbocycles. The van der Waals surface area contributed by atoms with Crippen LogP contribution in [0.2, 0.25) is 0 Å². The summed E-state index contributed by atoms with van der Waals surface area (Å²) in [6.07, 6.45) is 6.58. The number of hydrogen-bond acceptors (Lipinski definition) is 4. The van der Waals surface area contributed by atoms with Crippen molar-refractivity contribution in [3.63, 3.8) is 0 Å². The molecular weight excluding hydrogens is 304 g/mol. The first-order valence-corrected chi connectivity index (χ1v) is 9.18. The number of nitrogens with two attached hydrogens (primary N) is 1. The van der Waals surface area contributed by atoms with Crippen LogP contribution in [0.15, 0.2) is 48.4 Å². The Bertz CT molecular complexity index is 736. The number of aryl methyl sites for hydroxylation is 2. The van der Waals surface area contributed by atoms with Crippen molar-refractivity contribution in [2.45, 2.75) is 44.7 Å². The summed E-state index contributed by atoms with van der Waals surface area (Å²) in [6.45, 7) is 2.19. The highest BCUT2D eigenvalue weighted by Crippen LogP contribution is 2.44. The monoisotopic (exact) mass is 326 g/mol. The van der Waals surface area contributed by atoms with Gasteiger partial charge in [-0.15, -0.1) is 16.4 Å². The molecule has 0 radical (unpaired) electrons. The molecule has 0 spiro atoms. The van der Waals surface area contributed by atoms with Crippen molar-refractivity contribution in [2.24, 2.45) is 5.73 Å². The Kier molecular flexibility index (Phi) is 3.87. The lowest BCUT2D eigenvalue weighted by atomic mass is 9.87. The van der Waals surface area contributed by atoms with E-state index in [-0.39, 0.29) is 12.1 Å². The number of thiophene rings is 1. The molecule has 0 saturated heterocycles. The molecule has 4 heteroatoms. The predicted octanol–water partition coefficient (Wildman–Crippen LogP) is 4.48. The smallest absolute Gasteiger partial charge is 0.207 e. The Morgan fingerprint density at radius 1 is 1.26 bits per heavy atom. The zero-order chi connectivity index (χ0) is 15.8. The number of benzene rings is 1. The predicted molar refractivity (Wildman–Crippen MR) is 93.8 cm³/mol. The van der Waals surface area contributed by atoms with Gasteiger partial charge in [-0.1, -0.05) is 31.2 Å². The quantitative estimate of drug-likeness (QED) is 0.904. The lowest BCUT2D eigenvalue weighted by molar-refractivity contribution is -0.157. The van der Waals surface area contributed by atoms with Crippen LogP contribution < -0.4 is 5.73 Å². The molecule has 1 aliphatic heterocycles. The van der Waals surface area contributed by atoms with Gasteiger partial charge >= 0.3 is 0 Å². The first kappa shape index (κ1) is 14.8. The van der Waals surface area contributed by atoms with Crippen molar-refractivity contribution in [3.8, 4) is 0 Å². The minimum absolute atomic E-state index is 0.122. The van der Waals surface area contributed by atoms with Gasteiger partial charge in [-0.25, -0.2) is 0 Å². The van der Waals surface area contributed by atoms with E-state index in [4.69, 9.17) is 10.6 Å². The topological polar surface area (TPSA) is 38.5 Å². The molecule has 1 aromatic carbocycles. The molecule has 2 aliphatic rings. The largest absolute Gasteiger partial charge is 0.387 e. The molecule has 2 heterocycles. The summed E-state index contributed by atoms with van der Waals surface area (Å²) in [4.78, 5) is 8.66. The number of hydrogen-bond donors (Lipinski definition) is 1. The van der Waals surface area contributed by atoms with E-state index >= 15 is 0 Å². The van der Waals surface area contributed by atoms with Gasteiger partial charge in [-0.2, -0.15) is 0 Å². The van der Waals surface area contributed by atoms with E-state index in [2.05, 4.69) is 48.4 Å². The van der Waals surface area contributed by atoms with Crippen LogP contribution in [0, 0.1) is 0 Å². The van der Waals surface area contributed by atoms with Crippen molar-refractivity contribution in [1.82, 2.24) is 5.06 Å². The average Bonchev–Trinajstić information content (AvgIpc) is 3.20. The molecule has 2 unspecified atom stereocenters. The summed E-state index contributed by atoms with van der Waals surface area (Å²) in [7, 11) is 0. The maximum atomic E-state index is 6.02. The Balaban J connectivity index is 1.68. The fourth-order valence-electron chi connectivity index (χ4n) is 3.64. The van der Waals surface area contributed by atoms with Gasteiger partial charge in [-0.3, -0.25) is 0 Å². The molecule has 3 nitrogen and oxygen atoms in total. The zero-order valence-corrected chi connectivity index (χ0v) is 14.2. The number of fused-ring (bicyclic) bond motifs is 1. The number of hydroxylamine groups is 2. The highest BCUT2D eigenvalue weighted by Gasteiger charge is 2.37. The van der Waals surface area contributed by atoms with Gasteiger partial charge in [0.15, 0.2) is 0 Å². The van der Waals surface area contributed by atoms with Gasteiger partial charge in [0.2, 0.25) is 5.88 Å². The van der Waals surface area contributed by atoms with E-state index in [0.29, 0.717) is 5.88 Å². The average molecular weight is 326 g/mol. The molecule has 4 rings (SSSR count). The van der Waals surface area contributed by atoms with E-state index in [1.807, 2.05) is 17.4 Å². The third-order valence-corrected chi connectivity index (χ3v) is 6.07. The first-order valence-electron chi connectivity index (χ1n) is 8.36. The van der Waals surface area contributed by atoms with Crippen molar-refractivity contribution in [1.29, 1.82) is 0 Å². The Labute approximate surface area is 141 Å². The second-order valence-electron chi connectivity index (χ2n) is 6.23. The highest BCUT2D eigenvalue weighted by atomic mass is 32.1. The van der Waals surface area contributed by atoms with Crippen LogP contribution >= 0.6 is 11.3 Å². The molecular formula is C19H22N2OS. The van der Waals surface area contributed by atoms with Gasteiger partial charge in [0.1, 0.15) is 6.04 Å². The summed E-state index contributed by atoms with van der Waals surface area (Å²) >= 11 is 1.86. The third kappa shape index (κ3) is 2.66. The van der Waals surface area contributed by atoms with E-state index in [1.54, 1.807) is 0 Å². The number of rotatable bonds is 3. The molecule has 1 aromatic heterocycles. The first-order chi connectivity index (χ1) is 11.3. The molecule has 0 fully saturated rings. The van der Waals surface area contributed by atoms with E-state index in [0.717, 1.165) is 19.3 Å². The van der Waals surface area contributed by atoms with Crippen LogP contribution in [0.3, 0.4) is 0 Å². The Hall–Kier alpha value is -1.78. The zero-order valence-electron chi connectivity index (χ0n) is 13.4. The molecule has 23 heavy (non-hydrogen) atoms. The van der Waals surface area contributed by atoms with E-state index in [9.17, 15) is 0 Å². The summed E-state index contributed by atoms with van der Waals surface area (Å²) in [5.74, 6) is 0.518. The second-order valence-corrected chi connectivity index (χ2v) is 7.43. The van der Waals surface area contributed by atoms with Gasteiger partial charge in [0, 0.05) is 15.8 Å². The van der Waals surface area contributed by atoms with Crippen LogP contribution in [0.4, 0.5) is 0 Å². The lowest BCUT2D eigenvalue weighted by Crippen LogP contribution is -2.31.